The normalized spacial score (nSPS) is 16.3. The van der Waals surface area contributed by atoms with Gasteiger partial charge in [-0.2, -0.15) is 9.97 Å². The number of nitrogens with one attached hydrogen (secondary N) is 1. The SMILES string of the molecule is COc1cc(Cl)c(-c2nc(OCCN3CCC(F)(F)CC3)nc3[nH]cc(N)c23)cc1OC. The summed E-state index contributed by atoms with van der Waals surface area (Å²) in [5.74, 6) is -1.61. The Kier molecular flexibility index (Phi) is 6.25. The average Bonchev–Trinajstić information content (AvgIpc) is 3.15. The fourth-order valence-electron chi connectivity index (χ4n) is 3.70. The lowest BCUT2D eigenvalue weighted by molar-refractivity contribution is -0.0565. The highest BCUT2D eigenvalue weighted by Gasteiger charge is 2.33. The van der Waals surface area contributed by atoms with E-state index in [0.717, 1.165) is 0 Å². The number of hydrogen-bond donors (Lipinski definition) is 2. The van der Waals surface area contributed by atoms with E-state index < -0.39 is 5.92 Å². The Bertz CT molecular complexity index is 1110. The molecule has 0 radical (unpaired) electrons. The van der Waals surface area contributed by atoms with E-state index >= 15 is 0 Å². The second kappa shape index (κ2) is 8.95. The van der Waals surface area contributed by atoms with Crippen molar-refractivity contribution in [3.05, 3.63) is 23.4 Å². The van der Waals surface area contributed by atoms with Crippen LogP contribution >= 0.6 is 11.6 Å². The number of benzene rings is 1. The molecule has 3 heterocycles. The lowest BCUT2D eigenvalue weighted by atomic mass is 10.1. The first-order valence-corrected chi connectivity index (χ1v) is 10.5. The fourth-order valence-corrected chi connectivity index (χ4v) is 3.94. The summed E-state index contributed by atoms with van der Waals surface area (Å²) in [4.78, 5) is 13.9. The van der Waals surface area contributed by atoms with Crippen molar-refractivity contribution >= 4 is 28.3 Å². The second-order valence-corrected chi connectivity index (χ2v) is 7.96. The minimum Gasteiger partial charge on any atom is -0.493 e. The van der Waals surface area contributed by atoms with E-state index in [9.17, 15) is 8.78 Å². The molecule has 1 aliphatic heterocycles. The minimum absolute atomic E-state index is 0.127. The van der Waals surface area contributed by atoms with Crippen molar-refractivity contribution in [3.8, 4) is 28.8 Å². The van der Waals surface area contributed by atoms with Gasteiger partial charge in [0.15, 0.2) is 11.5 Å². The summed E-state index contributed by atoms with van der Waals surface area (Å²) >= 11 is 6.52. The van der Waals surface area contributed by atoms with Crippen molar-refractivity contribution in [1.82, 2.24) is 19.9 Å². The van der Waals surface area contributed by atoms with Gasteiger partial charge in [-0.25, -0.2) is 8.78 Å². The summed E-state index contributed by atoms with van der Waals surface area (Å²) in [6.45, 7) is 1.41. The van der Waals surface area contributed by atoms with Crippen LogP contribution in [-0.2, 0) is 0 Å². The summed E-state index contributed by atoms with van der Waals surface area (Å²) in [7, 11) is 3.05. The van der Waals surface area contributed by atoms with Gasteiger partial charge in [0.25, 0.3) is 5.92 Å². The number of nitrogens with two attached hydrogens (primary N) is 1. The van der Waals surface area contributed by atoms with E-state index in [1.54, 1.807) is 18.3 Å². The summed E-state index contributed by atoms with van der Waals surface area (Å²) in [5.41, 5.74) is 8.15. The molecule has 1 aliphatic rings. The number of H-pyrrole nitrogens is 1. The first-order chi connectivity index (χ1) is 15.3. The molecule has 0 aliphatic carbocycles. The predicted molar refractivity (Wildman–Crippen MR) is 118 cm³/mol. The van der Waals surface area contributed by atoms with Gasteiger partial charge in [-0.3, -0.25) is 4.90 Å². The monoisotopic (exact) mass is 467 g/mol. The minimum atomic E-state index is -2.58. The van der Waals surface area contributed by atoms with Gasteiger partial charge in [-0.1, -0.05) is 11.6 Å². The number of alkyl halides is 2. The zero-order chi connectivity index (χ0) is 22.9. The largest absolute Gasteiger partial charge is 0.493 e. The fraction of sp³-hybridized carbons (Fsp3) is 0.429. The number of aromatic nitrogens is 3. The number of likely N-dealkylation sites (tertiary alicyclic amines) is 1. The van der Waals surface area contributed by atoms with Crippen molar-refractivity contribution in [2.24, 2.45) is 0 Å². The Morgan fingerprint density at radius 2 is 1.84 bits per heavy atom. The molecule has 0 saturated carbocycles. The molecule has 0 amide bonds. The third-order valence-electron chi connectivity index (χ3n) is 5.50. The maximum atomic E-state index is 13.3. The van der Waals surface area contributed by atoms with Crippen LogP contribution in [0, 0.1) is 0 Å². The third kappa shape index (κ3) is 4.51. The lowest BCUT2D eigenvalue weighted by Crippen LogP contribution is -2.41. The van der Waals surface area contributed by atoms with E-state index in [2.05, 4.69) is 15.0 Å². The molecule has 8 nitrogen and oxygen atoms in total. The maximum absolute atomic E-state index is 13.3. The zero-order valence-electron chi connectivity index (χ0n) is 17.8. The smallest absolute Gasteiger partial charge is 0.319 e. The summed E-state index contributed by atoms with van der Waals surface area (Å²) in [6, 6.07) is 3.48. The number of piperidine rings is 1. The zero-order valence-corrected chi connectivity index (χ0v) is 18.5. The van der Waals surface area contributed by atoms with Gasteiger partial charge in [0.2, 0.25) is 0 Å². The second-order valence-electron chi connectivity index (χ2n) is 7.56. The summed E-state index contributed by atoms with van der Waals surface area (Å²) in [6.07, 6.45) is 1.34. The van der Waals surface area contributed by atoms with Gasteiger partial charge in [-0.05, 0) is 6.07 Å². The molecule has 4 rings (SSSR count). The van der Waals surface area contributed by atoms with Crippen LogP contribution < -0.4 is 19.9 Å². The Balaban J connectivity index is 1.60. The molecule has 1 saturated heterocycles. The van der Waals surface area contributed by atoms with E-state index in [1.165, 1.54) is 14.2 Å². The Hall–Kier alpha value is -2.85. The number of methoxy groups -OCH3 is 2. The number of rotatable bonds is 7. The van der Waals surface area contributed by atoms with Crippen molar-refractivity contribution in [2.75, 3.05) is 46.2 Å². The van der Waals surface area contributed by atoms with Crippen LogP contribution in [-0.4, -0.2) is 66.2 Å². The third-order valence-corrected chi connectivity index (χ3v) is 5.81. The Morgan fingerprint density at radius 1 is 1.16 bits per heavy atom. The number of aromatic amines is 1. The average molecular weight is 468 g/mol. The van der Waals surface area contributed by atoms with Crippen molar-refractivity contribution in [3.63, 3.8) is 0 Å². The van der Waals surface area contributed by atoms with Crippen LogP contribution in [0.25, 0.3) is 22.3 Å². The van der Waals surface area contributed by atoms with Crippen molar-refractivity contribution < 1.29 is 23.0 Å². The lowest BCUT2D eigenvalue weighted by Gasteiger charge is -2.31. The molecule has 0 unspecified atom stereocenters. The van der Waals surface area contributed by atoms with Gasteiger partial charge in [0.05, 0.1) is 36.0 Å². The molecule has 1 fully saturated rings. The number of fused-ring (bicyclic) bond motifs is 1. The molecule has 0 bridgehead atoms. The number of anilines is 1. The van der Waals surface area contributed by atoms with Gasteiger partial charge in [0, 0.05) is 50.3 Å². The number of nitrogens with zero attached hydrogens (tertiary/aromatic N) is 3. The van der Waals surface area contributed by atoms with Crippen molar-refractivity contribution in [2.45, 2.75) is 18.8 Å². The van der Waals surface area contributed by atoms with Crippen LogP contribution in [0.4, 0.5) is 14.5 Å². The highest BCUT2D eigenvalue weighted by Crippen LogP contribution is 2.41. The first kappa shape index (κ1) is 22.3. The number of hydrogen-bond acceptors (Lipinski definition) is 7. The Labute approximate surface area is 188 Å². The van der Waals surface area contributed by atoms with Crippen LogP contribution in [0.1, 0.15) is 12.8 Å². The van der Waals surface area contributed by atoms with Gasteiger partial charge < -0.3 is 24.9 Å². The molecule has 0 spiro atoms. The molecule has 3 aromatic rings. The van der Waals surface area contributed by atoms with Gasteiger partial charge in [0.1, 0.15) is 12.3 Å². The Morgan fingerprint density at radius 3 is 2.53 bits per heavy atom. The maximum Gasteiger partial charge on any atom is 0.319 e. The van der Waals surface area contributed by atoms with Crippen LogP contribution in [0.5, 0.6) is 17.5 Å². The molecular formula is C21H24ClF2N5O3. The topological polar surface area (TPSA) is 98.5 Å². The molecule has 2 aromatic heterocycles. The first-order valence-electron chi connectivity index (χ1n) is 10.1. The number of ether oxygens (including phenoxy) is 3. The molecule has 3 N–H and O–H groups in total. The quantitative estimate of drug-likeness (QED) is 0.542. The number of halogens is 3. The van der Waals surface area contributed by atoms with Gasteiger partial charge in [-0.15, -0.1) is 0 Å². The van der Waals surface area contributed by atoms with Crippen LogP contribution in [0.2, 0.25) is 5.02 Å². The standard InChI is InChI=1S/C21H24ClF2N5O3/c1-30-15-9-12(13(22)10-16(15)31-2)18-17-14(25)11-26-19(17)28-20(27-18)32-8-7-29-5-3-21(23,24)4-6-29/h9-11H,3-8,25H2,1-2H3,(H,26,27,28). The molecule has 11 heteroatoms. The van der Waals surface area contributed by atoms with Gasteiger partial charge >= 0.3 is 6.01 Å². The van der Waals surface area contributed by atoms with E-state index in [-0.39, 0.29) is 25.5 Å². The highest BCUT2D eigenvalue weighted by molar-refractivity contribution is 6.34. The van der Waals surface area contributed by atoms with E-state index in [1.807, 2.05) is 4.90 Å². The molecular weight excluding hydrogens is 444 g/mol. The highest BCUT2D eigenvalue weighted by atomic mass is 35.5. The molecule has 172 valence electrons. The molecule has 0 atom stereocenters. The molecule has 1 aromatic carbocycles. The van der Waals surface area contributed by atoms with Crippen LogP contribution in [0.15, 0.2) is 18.3 Å². The van der Waals surface area contributed by atoms with Crippen LogP contribution in [0.3, 0.4) is 0 Å². The summed E-state index contributed by atoms with van der Waals surface area (Å²) < 4.78 is 43.1. The predicted octanol–water partition coefficient (Wildman–Crippen LogP) is 3.99. The number of nitrogen functional groups attached to an aromatic ring is 1. The van der Waals surface area contributed by atoms with E-state index in [0.29, 0.717) is 64.1 Å². The van der Waals surface area contributed by atoms with E-state index in [4.69, 9.17) is 31.5 Å². The van der Waals surface area contributed by atoms with Crippen molar-refractivity contribution in [1.29, 1.82) is 0 Å². The molecule has 32 heavy (non-hydrogen) atoms. The summed E-state index contributed by atoms with van der Waals surface area (Å²) in [5, 5.41) is 0.994.